The summed E-state index contributed by atoms with van der Waals surface area (Å²) in [7, 11) is -3.75. The van der Waals surface area contributed by atoms with Crippen LogP contribution in [0.4, 0.5) is 0 Å². The Morgan fingerprint density at radius 2 is 1.94 bits per heavy atom. The minimum Gasteiger partial charge on any atom is -0.360 e. The molecule has 1 aromatic carbocycles. The van der Waals surface area contributed by atoms with Gasteiger partial charge in [-0.25, -0.2) is 13.1 Å². The van der Waals surface area contributed by atoms with Gasteiger partial charge in [-0.2, -0.15) is 9.40 Å². The number of hydrogen-bond donors (Lipinski definition) is 0. The number of rotatable bonds is 4. The zero-order valence-corrected chi connectivity index (χ0v) is 18.7. The molecule has 1 amide bonds. The van der Waals surface area contributed by atoms with Crippen LogP contribution in [0.2, 0.25) is 5.02 Å². The van der Waals surface area contributed by atoms with Crippen molar-refractivity contribution in [2.24, 2.45) is 0 Å². The first-order valence-corrected chi connectivity index (χ1v) is 11.6. The summed E-state index contributed by atoms with van der Waals surface area (Å²) < 4.78 is 34.1. The Bertz CT molecular complexity index is 1200. The van der Waals surface area contributed by atoms with Crippen molar-refractivity contribution >= 4 is 27.5 Å². The van der Waals surface area contributed by atoms with Gasteiger partial charge in [-0.05, 0) is 44.5 Å². The molecule has 2 aromatic heterocycles. The molecule has 9 nitrogen and oxygen atoms in total. The number of aryl methyl sites for hydroxylation is 2. The molecule has 164 valence electrons. The number of carbonyl (C=O) groups is 1. The number of nitrogens with zero attached hydrogens (tertiary/aromatic N) is 5. The maximum absolute atomic E-state index is 13.1. The summed E-state index contributed by atoms with van der Waals surface area (Å²) in [5.74, 6) is 0.0265. The van der Waals surface area contributed by atoms with Gasteiger partial charge in [0.25, 0.3) is 5.91 Å². The van der Waals surface area contributed by atoms with E-state index in [1.54, 1.807) is 47.8 Å². The van der Waals surface area contributed by atoms with Crippen LogP contribution in [0, 0.1) is 13.8 Å². The molecule has 4 rings (SSSR count). The largest absolute Gasteiger partial charge is 0.360 e. The van der Waals surface area contributed by atoms with Crippen LogP contribution in [0.5, 0.6) is 0 Å². The lowest BCUT2D eigenvalue weighted by molar-refractivity contribution is 0.0758. The molecule has 11 heteroatoms. The summed E-state index contributed by atoms with van der Waals surface area (Å²) in [6, 6.07) is 8.82. The molecular formula is C20H22ClN5O4S. The summed E-state index contributed by atoms with van der Waals surface area (Å²) in [5, 5.41) is 8.70. The SMILES string of the molecule is Cc1noc(C)c1S(=O)(=O)N1CCCN(C(=O)c2ccn(-c3cccc(Cl)c3)n2)CC1. The topological polar surface area (TPSA) is 102 Å². The van der Waals surface area contributed by atoms with Crippen molar-refractivity contribution in [2.45, 2.75) is 25.2 Å². The first-order valence-electron chi connectivity index (χ1n) is 9.81. The lowest BCUT2D eigenvalue weighted by Gasteiger charge is -2.21. The monoisotopic (exact) mass is 463 g/mol. The van der Waals surface area contributed by atoms with E-state index in [0.717, 1.165) is 5.69 Å². The van der Waals surface area contributed by atoms with Crippen LogP contribution in [0.1, 0.15) is 28.4 Å². The summed E-state index contributed by atoms with van der Waals surface area (Å²) >= 11 is 6.03. The summed E-state index contributed by atoms with van der Waals surface area (Å²) in [6.45, 7) is 4.40. The second-order valence-corrected chi connectivity index (χ2v) is 9.64. The van der Waals surface area contributed by atoms with Crippen molar-refractivity contribution in [1.82, 2.24) is 24.1 Å². The van der Waals surface area contributed by atoms with Gasteiger partial charge in [0.05, 0.1) is 5.69 Å². The molecule has 0 unspecified atom stereocenters. The van der Waals surface area contributed by atoms with Gasteiger partial charge in [-0.1, -0.05) is 22.8 Å². The molecule has 1 aliphatic rings. The van der Waals surface area contributed by atoms with Gasteiger partial charge in [0.15, 0.2) is 11.5 Å². The predicted octanol–water partition coefficient (Wildman–Crippen LogP) is 2.67. The molecule has 31 heavy (non-hydrogen) atoms. The number of amides is 1. The Balaban J connectivity index is 1.49. The van der Waals surface area contributed by atoms with Crippen molar-refractivity contribution in [3.63, 3.8) is 0 Å². The second-order valence-electron chi connectivity index (χ2n) is 7.33. The minimum atomic E-state index is -3.75. The lowest BCUT2D eigenvalue weighted by atomic mass is 10.3. The molecule has 0 atom stereocenters. The van der Waals surface area contributed by atoms with Gasteiger partial charge < -0.3 is 9.42 Å². The van der Waals surface area contributed by atoms with Crippen LogP contribution >= 0.6 is 11.6 Å². The lowest BCUT2D eigenvalue weighted by Crippen LogP contribution is -2.37. The molecule has 3 aromatic rings. The van der Waals surface area contributed by atoms with Crippen LogP contribution in [0.25, 0.3) is 5.69 Å². The van der Waals surface area contributed by atoms with Gasteiger partial charge in [-0.3, -0.25) is 4.79 Å². The first kappa shape index (κ1) is 21.5. The van der Waals surface area contributed by atoms with Crippen LogP contribution in [0.15, 0.2) is 45.9 Å². The van der Waals surface area contributed by atoms with Crippen LogP contribution in [-0.2, 0) is 10.0 Å². The third-order valence-electron chi connectivity index (χ3n) is 5.19. The number of benzene rings is 1. The highest BCUT2D eigenvalue weighted by molar-refractivity contribution is 7.89. The Kier molecular flexibility index (Phi) is 5.87. The van der Waals surface area contributed by atoms with E-state index in [0.29, 0.717) is 35.9 Å². The third kappa shape index (κ3) is 4.23. The minimum absolute atomic E-state index is 0.104. The fourth-order valence-electron chi connectivity index (χ4n) is 3.67. The van der Waals surface area contributed by atoms with E-state index in [4.69, 9.17) is 16.1 Å². The van der Waals surface area contributed by atoms with Gasteiger partial charge >= 0.3 is 0 Å². The molecule has 1 aliphatic heterocycles. The highest BCUT2D eigenvalue weighted by Crippen LogP contribution is 2.24. The fourth-order valence-corrected chi connectivity index (χ4v) is 5.62. The van der Waals surface area contributed by atoms with Crippen molar-refractivity contribution in [2.75, 3.05) is 26.2 Å². The van der Waals surface area contributed by atoms with Gasteiger partial charge in [0.2, 0.25) is 10.0 Å². The highest BCUT2D eigenvalue weighted by Gasteiger charge is 2.33. The molecule has 0 radical (unpaired) electrons. The second kappa shape index (κ2) is 8.45. The zero-order valence-electron chi connectivity index (χ0n) is 17.2. The molecular weight excluding hydrogens is 442 g/mol. The molecule has 0 aliphatic carbocycles. The summed E-state index contributed by atoms with van der Waals surface area (Å²) in [6.07, 6.45) is 2.22. The number of carbonyl (C=O) groups excluding carboxylic acids is 1. The van der Waals surface area contributed by atoms with Crippen molar-refractivity contribution < 1.29 is 17.7 Å². The van der Waals surface area contributed by atoms with E-state index in [1.807, 2.05) is 12.1 Å². The van der Waals surface area contributed by atoms with Gasteiger partial charge in [-0.15, -0.1) is 0 Å². The van der Waals surface area contributed by atoms with E-state index >= 15 is 0 Å². The molecule has 0 saturated carbocycles. The Morgan fingerprint density at radius 1 is 1.13 bits per heavy atom. The number of halogens is 1. The van der Waals surface area contributed by atoms with E-state index < -0.39 is 10.0 Å². The smallest absolute Gasteiger partial charge is 0.274 e. The molecule has 0 spiro atoms. The average molecular weight is 464 g/mol. The maximum atomic E-state index is 13.1. The molecule has 0 bridgehead atoms. The maximum Gasteiger partial charge on any atom is 0.274 e. The number of aromatic nitrogens is 3. The number of sulfonamides is 1. The van der Waals surface area contributed by atoms with Crippen molar-refractivity contribution in [1.29, 1.82) is 0 Å². The Morgan fingerprint density at radius 3 is 2.65 bits per heavy atom. The number of hydrogen-bond acceptors (Lipinski definition) is 6. The van der Waals surface area contributed by atoms with Crippen molar-refractivity contribution in [3.8, 4) is 5.69 Å². The highest BCUT2D eigenvalue weighted by atomic mass is 35.5. The van der Waals surface area contributed by atoms with Crippen LogP contribution in [-0.4, -0.2) is 64.6 Å². The van der Waals surface area contributed by atoms with Crippen LogP contribution in [0.3, 0.4) is 0 Å². The van der Waals surface area contributed by atoms with E-state index in [9.17, 15) is 13.2 Å². The first-order chi connectivity index (χ1) is 14.8. The van der Waals surface area contributed by atoms with Crippen molar-refractivity contribution in [3.05, 3.63) is 58.7 Å². The van der Waals surface area contributed by atoms with E-state index in [-0.39, 0.29) is 29.7 Å². The van der Waals surface area contributed by atoms with E-state index in [1.165, 1.54) is 4.31 Å². The van der Waals surface area contributed by atoms with Gasteiger partial charge in [0, 0.05) is 37.4 Å². The quantitative estimate of drug-likeness (QED) is 0.589. The normalized spacial score (nSPS) is 15.8. The molecule has 1 fully saturated rings. The predicted molar refractivity (Wildman–Crippen MR) is 114 cm³/mol. The summed E-state index contributed by atoms with van der Waals surface area (Å²) in [4.78, 5) is 14.7. The zero-order chi connectivity index (χ0) is 22.2. The standard InChI is InChI=1S/C20H22ClN5O4S/c1-14-19(15(2)30-23-14)31(28,29)25-9-4-8-24(11-12-25)20(27)18-7-10-26(22-18)17-6-3-5-16(21)13-17/h3,5-7,10,13H,4,8-9,11-12H2,1-2H3. The Labute approximate surface area is 185 Å². The fraction of sp³-hybridized carbons (Fsp3) is 0.350. The third-order valence-corrected chi connectivity index (χ3v) is 7.57. The molecule has 1 saturated heterocycles. The van der Waals surface area contributed by atoms with E-state index in [2.05, 4.69) is 10.3 Å². The summed E-state index contributed by atoms with van der Waals surface area (Å²) in [5.41, 5.74) is 1.38. The van der Waals surface area contributed by atoms with Crippen LogP contribution < -0.4 is 0 Å². The average Bonchev–Trinajstić information content (AvgIpc) is 3.26. The molecule has 3 heterocycles. The van der Waals surface area contributed by atoms with Gasteiger partial charge in [0.1, 0.15) is 10.6 Å². The molecule has 0 N–H and O–H groups in total. The Hall–Kier alpha value is -2.69.